The maximum atomic E-state index is 11.8. The third-order valence-electron chi connectivity index (χ3n) is 3.02. The smallest absolute Gasteiger partial charge is 0.240 e. The van der Waals surface area contributed by atoms with Crippen LogP contribution in [0, 0.1) is 3.57 Å². The molecule has 0 unspecified atom stereocenters. The number of nitrogens with zero attached hydrogens (tertiary/aromatic N) is 1. The molecule has 120 valence electrons. The van der Waals surface area contributed by atoms with Crippen LogP contribution in [0.4, 0.5) is 0 Å². The van der Waals surface area contributed by atoms with Crippen molar-refractivity contribution in [2.45, 2.75) is 18.2 Å². The number of rotatable bonds is 6. The topological polar surface area (TPSA) is 41.5 Å². The summed E-state index contributed by atoms with van der Waals surface area (Å²) in [6.45, 7) is 1.88. The van der Waals surface area contributed by atoms with Gasteiger partial charge < -0.3 is 0 Å². The Morgan fingerprint density at radius 2 is 1.83 bits per heavy atom. The monoisotopic (exact) mass is 458 g/mol. The van der Waals surface area contributed by atoms with Gasteiger partial charge in [0.25, 0.3) is 0 Å². The van der Waals surface area contributed by atoms with Crippen molar-refractivity contribution in [2.75, 3.05) is 5.75 Å². The first-order valence-corrected chi connectivity index (χ1v) is 9.46. The molecule has 2 aromatic carbocycles. The lowest BCUT2D eigenvalue weighted by atomic mass is 10.1. The average Bonchev–Trinajstić information content (AvgIpc) is 2.55. The van der Waals surface area contributed by atoms with Gasteiger partial charge in [-0.15, -0.1) is 11.8 Å². The molecule has 1 amide bonds. The fourth-order valence-corrected chi connectivity index (χ4v) is 3.09. The fourth-order valence-electron chi connectivity index (χ4n) is 1.75. The van der Waals surface area contributed by atoms with Gasteiger partial charge >= 0.3 is 0 Å². The second kappa shape index (κ2) is 9.30. The fraction of sp³-hybridized carbons (Fsp3) is 0.176. The van der Waals surface area contributed by atoms with Crippen LogP contribution >= 0.6 is 46.0 Å². The summed E-state index contributed by atoms with van der Waals surface area (Å²) in [6, 6.07) is 15.6. The van der Waals surface area contributed by atoms with E-state index in [-0.39, 0.29) is 5.91 Å². The summed E-state index contributed by atoms with van der Waals surface area (Å²) in [5, 5.41) is 4.86. The Labute approximate surface area is 159 Å². The number of hydrogen-bond donors (Lipinski definition) is 1. The minimum atomic E-state index is -0.0867. The predicted molar refractivity (Wildman–Crippen MR) is 106 cm³/mol. The number of benzene rings is 2. The van der Waals surface area contributed by atoms with Gasteiger partial charge in [-0.2, -0.15) is 5.10 Å². The molecule has 0 aliphatic carbocycles. The van der Waals surface area contributed by atoms with Crippen LogP contribution in [0.5, 0.6) is 0 Å². The molecular weight excluding hydrogens is 443 g/mol. The van der Waals surface area contributed by atoms with Crippen molar-refractivity contribution in [1.29, 1.82) is 0 Å². The molecule has 0 aromatic heterocycles. The van der Waals surface area contributed by atoms with E-state index in [1.165, 1.54) is 3.57 Å². The maximum absolute atomic E-state index is 11.8. The summed E-state index contributed by atoms with van der Waals surface area (Å²) in [5.74, 6) is 0.613. The molecule has 0 spiro atoms. The van der Waals surface area contributed by atoms with Crippen LogP contribution in [-0.2, 0) is 4.79 Å². The van der Waals surface area contributed by atoms with Crippen LogP contribution in [0.2, 0.25) is 5.02 Å². The van der Waals surface area contributed by atoms with E-state index in [0.29, 0.717) is 17.2 Å². The molecule has 2 aromatic rings. The number of hydrogen-bond acceptors (Lipinski definition) is 3. The van der Waals surface area contributed by atoms with Crippen LogP contribution in [0.15, 0.2) is 58.5 Å². The van der Waals surface area contributed by atoms with Crippen LogP contribution < -0.4 is 5.43 Å². The number of halogens is 2. The van der Waals surface area contributed by atoms with Crippen molar-refractivity contribution in [1.82, 2.24) is 5.43 Å². The van der Waals surface area contributed by atoms with E-state index >= 15 is 0 Å². The van der Waals surface area contributed by atoms with E-state index in [4.69, 9.17) is 11.6 Å². The molecule has 3 nitrogen and oxygen atoms in total. The van der Waals surface area contributed by atoms with Crippen molar-refractivity contribution in [2.24, 2.45) is 5.10 Å². The minimum absolute atomic E-state index is 0.0867. The maximum Gasteiger partial charge on any atom is 0.240 e. The van der Waals surface area contributed by atoms with Crippen LogP contribution in [0.1, 0.15) is 18.9 Å². The van der Waals surface area contributed by atoms with Gasteiger partial charge in [-0.1, -0.05) is 23.7 Å². The molecular formula is C17H16ClIN2OS. The number of amides is 1. The highest BCUT2D eigenvalue weighted by Gasteiger charge is 2.03. The Hall–Kier alpha value is -1.05. The third-order valence-corrected chi connectivity index (χ3v) is 5.01. The van der Waals surface area contributed by atoms with Crippen LogP contribution in [-0.4, -0.2) is 17.4 Å². The number of carbonyl (C=O) groups is 1. The Morgan fingerprint density at radius 1 is 1.17 bits per heavy atom. The van der Waals surface area contributed by atoms with E-state index in [0.717, 1.165) is 16.2 Å². The normalized spacial score (nSPS) is 11.3. The van der Waals surface area contributed by atoms with Crippen molar-refractivity contribution >= 4 is 57.6 Å². The molecule has 23 heavy (non-hydrogen) atoms. The van der Waals surface area contributed by atoms with E-state index in [1.54, 1.807) is 11.8 Å². The molecule has 1 N–H and O–H groups in total. The summed E-state index contributed by atoms with van der Waals surface area (Å²) in [7, 11) is 0. The van der Waals surface area contributed by atoms with Crippen molar-refractivity contribution in [3.8, 4) is 0 Å². The van der Waals surface area contributed by atoms with Crippen molar-refractivity contribution < 1.29 is 4.79 Å². The molecule has 0 aliphatic heterocycles. The van der Waals surface area contributed by atoms with E-state index in [1.807, 2.05) is 55.5 Å². The van der Waals surface area contributed by atoms with Crippen LogP contribution in [0.3, 0.4) is 0 Å². The van der Waals surface area contributed by atoms with Gasteiger partial charge in [-0.25, -0.2) is 5.43 Å². The molecule has 0 radical (unpaired) electrons. The summed E-state index contributed by atoms with van der Waals surface area (Å²) >= 11 is 9.71. The lowest BCUT2D eigenvalue weighted by molar-refractivity contribution is -0.120. The standard InChI is InChI=1S/C17H16ClIN2OS/c1-12(13-2-6-15(19)7-3-13)20-21-17(22)10-11-23-16-8-4-14(18)5-9-16/h2-9H,10-11H2,1H3,(H,21,22)/b20-12+. The van der Waals surface area contributed by atoms with Gasteiger partial charge in [0.05, 0.1) is 5.71 Å². The first-order chi connectivity index (χ1) is 11.0. The second-order valence-corrected chi connectivity index (χ2v) is 7.64. The SMILES string of the molecule is C/C(=N\NC(=O)CCSc1ccc(Cl)cc1)c1ccc(I)cc1. The zero-order chi connectivity index (χ0) is 16.7. The highest BCUT2D eigenvalue weighted by atomic mass is 127. The lowest BCUT2D eigenvalue weighted by Gasteiger charge is -2.04. The van der Waals surface area contributed by atoms with Crippen molar-refractivity contribution in [3.63, 3.8) is 0 Å². The summed E-state index contributed by atoms with van der Waals surface area (Å²) in [5.41, 5.74) is 4.40. The van der Waals surface area contributed by atoms with Crippen molar-refractivity contribution in [3.05, 3.63) is 62.7 Å². The average molecular weight is 459 g/mol. The number of thioether (sulfide) groups is 1. The molecule has 0 heterocycles. The molecule has 0 atom stereocenters. The first-order valence-electron chi connectivity index (χ1n) is 7.02. The highest BCUT2D eigenvalue weighted by molar-refractivity contribution is 14.1. The van der Waals surface area contributed by atoms with E-state index in [2.05, 4.69) is 33.1 Å². The molecule has 2 rings (SSSR count). The molecule has 0 fully saturated rings. The van der Waals surface area contributed by atoms with Gasteiger partial charge in [-0.3, -0.25) is 4.79 Å². The first kappa shape index (κ1) is 18.3. The third kappa shape index (κ3) is 6.53. The Balaban J connectivity index is 1.77. The molecule has 0 bridgehead atoms. The minimum Gasteiger partial charge on any atom is -0.273 e. The second-order valence-electron chi connectivity index (χ2n) is 4.79. The van der Waals surface area contributed by atoms with E-state index < -0.39 is 0 Å². The summed E-state index contributed by atoms with van der Waals surface area (Å²) < 4.78 is 1.17. The Kier molecular flexibility index (Phi) is 7.39. The summed E-state index contributed by atoms with van der Waals surface area (Å²) in [6.07, 6.45) is 0.413. The predicted octanol–water partition coefficient (Wildman–Crippen LogP) is 4.97. The van der Waals surface area contributed by atoms with Gasteiger partial charge in [0, 0.05) is 25.7 Å². The Morgan fingerprint density at radius 3 is 2.48 bits per heavy atom. The lowest BCUT2D eigenvalue weighted by Crippen LogP contribution is -2.19. The van der Waals surface area contributed by atoms with Gasteiger partial charge in [0.2, 0.25) is 5.91 Å². The van der Waals surface area contributed by atoms with E-state index in [9.17, 15) is 4.79 Å². The zero-order valence-electron chi connectivity index (χ0n) is 12.6. The molecule has 0 aliphatic rings. The quantitative estimate of drug-likeness (QED) is 0.287. The number of nitrogens with one attached hydrogen (secondary N) is 1. The molecule has 0 saturated carbocycles. The van der Waals surface area contributed by atoms with Crippen LogP contribution in [0.25, 0.3) is 0 Å². The largest absolute Gasteiger partial charge is 0.273 e. The molecule has 0 saturated heterocycles. The van der Waals surface area contributed by atoms with Gasteiger partial charge in [0.15, 0.2) is 0 Å². The van der Waals surface area contributed by atoms with Gasteiger partial charge in [0.1, 0.15) is 0 Å². The number of hydrazone groups is 1. The van der Waals surface area contributed by atoms with Gasteiger partial charge in [-0.05, 0) is 71.5 Å². The number of carbonyl (C=O) groups excluding carboxylic acids is 1. The zero-order valence-corrected chi connectivity index (χ0v) is 16.3. The molecule has 6 heteroatoms. The highest BCUT2D eigenvalue weighted by Crippen LogP contribution is 2.20. The Bertz CT molecular complexity index is 687. The summed E-state index contributed by atoms with van der Waals surface area (Å²) in [4.78, 5) is 12.9.